The first kappa shape index (κ1) is 10.5. The van der Waals surface area contributed by atoms with Gasteiger partial charge in [-0.3, -0.25) is 4.79 Å². The first-order valence-corrected chi connectivity index (χ1v) is 5.52. The molecule has 3 rings (SSSR count). The number of hydrogen-bond acceptors (Lipinski definition) is 4. The molecule has 1 aliphatic heterocycles. The van der Waals surface area contributed by atoms with Crippen molar-refractivity contribution < 1.29 is 9.53 Å². The molecule has 1 fully saturated rings. The van der Waals surface area contributed by atoms with Crippen molar-refractivity contribution in [3.63, 3.8) is 0 Å². The van der Waals surface area contributed by atoms with Crippen LogP contribution in [0.15, 0.2) is 18.3 Å². The van der Waals surface area contributed by atoms with Gasteiger partial charge in [-0.2, -0.15) is 4.98 Å². The smallest absolute Gasteiger partial charge is 0.253 e. The van der Waals surface area contributed by atoms with Gasteiger partial charge >= 0.3 is 0 Å². The Bertz CT molecular complexity index is 583. The fourth-order valence-corrected chi connectivity index (χ4v) is 1.96. The fraction of sp³-hybridized carbons (Fsp3) is 0.300. The number of amides is 1. The Morgan fingerprint density at radius 3 is 3.12 bits per heavy atom. The molecular weight excluding hydrogens is 244 g/mol. The molecule has 2 aromatic heterocycles. The lowest BCUT2D eigenvalue weighted by Gasteiger charge is -2.26. The molecule has 1 aliphatic rings. The van der Waals surface area contributed by atoms with Crippen molar-refractivity contribution in [3.05, 3.63) is 23.6 Å². The van der Waals surface area contributed by atoms with Crippen LogP contribution >= 0.6 is 11.6 Å². The third kappa shape index (κ3) is 1.85. The summed E-state index contributed by atoms with van der Waals surface area (Å²) in [5.74, 6) is -0.0539. The molecule has 88 valence electrons. The van der Waals surface area contributed by atoms with Gasteiger partial charge in [0.25, 0.3) is 5.91 Å². The van der Waals surface area contributed by atoms with Gasteiger partial charge in [0, 0.05) is 6.54 Å². The van der Waals surface area contributed by atoms with Crippen LogP contribution in [0, 0.1) is 0 Å². The molecule has 7 heteroatoms. The summed E-state index contributed by atoms with van der Waals surface area (Å²) in [7, 11) is 0. The second kappa shape index (κ2) is 3.97. The zero-order valence-electron chi connectivity index (χ0n) is 8.84. The second-order valence-corrected chi connectivity index (χ2v) is 4.01. The molecule has 0 bridgehead atoms. The van der Waals surface area contributed by atoms with Crippen molar-refractivity contribution in [1.29, 1.82) is 0 Å². The van der Waals surface area contributed by atoms with E-state index in [0.29, 0.717) is 18.8 Å². The van der Waals surface area contributed by atoms with Crippen LogP contribution in [0.2, 0.25) is 5.28 Å². The van der Waals surface area contributed by atoms with Crippen LogP contribution in [0.4, 0.5) is 5.69 Å². The van der Waals surface area contributed by atoms with Gasteiger partial charge in [0.2, 0.25) is 5.28 Å². The normalized spacial score (nSPS) is 16.8. The standard InChI is InChI=1S/C10H9ClN4O2/c11-10-12-8-2-1-7(5-15(8)13-10)14-3-4-17-6-9(14)16/h1-2,5H,3-4,6H2. The van der Waals surface area contributed by atoms with Crippen molar-refractivity contribution >= 4 is 28.8 Å². The number of hydrogen-bond donors (Lipinski definition) is 0. The van der Waals surface area contributed by atoms with Gasteiger partial charge in [0.1, 0.15) is 6.61 Å². The van der Waals surface area contributed by atoms with Crippen molar-refractivity contribution in [2.24, 2.45) is 0 Å². The highest BCUT2D eigenvalue weighted by Gasteiger charge is 2.20. The molecular formula is C10H9ClN4O2. The number of morpholine rings is 1. The van der Waals surface area contributed by atoms with E-state index in [1.54, 1.807) is 21.7 Å². The fourth-order valence-electron chi connectivity index (χ4n) is 1.80. The highest BCUT2D eigenvalue weighted by atomic mass is 35.5. The Kier molecular flexibility index (Phi) is 2.45. The lowest BCUT2D eigenvalue weighted by atomic mass is 10.3. The predicted octanol–water partition coefficient (Wildman–Crippen LogP) is 0.746. The molecule has 6 nitrogen and oxygen atoms in total. The van der Waals surface area contributed by atoms with Gasteiger partial charge in [-0.1, -0.05) is 0 Å². The maximum absolute atomic E-state index is 11.7. The number of nitrogens with zero attached hydrogens (tertiary/aromatic N) is 4. The predicted molar refractivity (Wildman–Crippen MR) is 61.2 cm³/mol. The number of carbonyl (C=O) groups is 1. The Hall–Kier alpha value is -1.66. The van der Waals surface area contributed by atoms with E-state index in [2.05, 4.69) is 10.1 Å². The first-order valence-electron chi connectivity index (χ1n) is 5.14. The third-order valence-electron chi connectivity index (χ3n) is 2.59. The van der Waals surface area contributed by atoms with Crippen LogP contribution < -0.4 is 4.90 Å². The number of halogens is 1. The number of ether oxygens (including phenoxy) is 1. The summed E-state index contributed by atoms with van der Waals surface area (Å²) in [4.78, 5) is 17.3. The summed E-state index contributed by atoms with van der Waals surface area (Å²) in [5, 5.41) is 4.19. The van der Waals surface area contributed by atoms with Gasteiger partial charge in [-0.05, 0) is 23.7 Å². The topological polar surface area (TPSA) is 59.7 Å². The Balaban J connectivity index is 2.01. The number of pyridine rings is 1. The van der Waals surface area contributed by atoms with Gasteiger partial charge in [-0.25, -0.2) is 4.52 Å². The van der Waals surface area contributed by atoms with E-state index in [1.165, 1.54) is 0 Å². The van der Waals surface area contributed by atoms with Gasteiger partial charge in [-0.15, -0.1) is 5.10 Å². The van der Waals surface area contributed by atoms with Crippen LogP contribution in [0.1, 0.15) is 0 Å². The van der Waals surface area contributed by atoms with Crippen LogP contribution in [-0.2, 0) is 9.53 Å². The van der Waals surface area contributed by atoms with E-state index >= 15 is 0 Å². The number of anilines is 1. The highest BCUT2D eigenvalue weighted by Crippen LogP contribution is 2.17. The zero-order chi connectivity index (χ0) is 11.8. The van der Waals surface area contributed by atoms with Crippen LogP contribution in [0.5, 0.6) is 0 Å². The molecule has 0 atom stereocenters. The Morgan fingerprint density at radius 2 is 2.29 bits per heavy atom. The molecule has 0 saturated carbocycles. The lowest BCUT2D eigenvalue weighted by Crippen LogP contribution is -2.41. The molecule has 0 aliphatic carbocycles. The molecule has 2 aromatic rings. The Morgan fingerprint density at radius 1 is 1.41 bits per heavy atom. The molecule has 3 heterocycles. The Labute approximate surface area is 102 Å². The second-order valence-electron chi connectivity index (χ2n) is 3.67. The summed E-state index contributed by atoms with van der Waals surface area (Å²) in [5.41, 5.74) is 1.42. The molecule has 1 amide bonds. The number of aromatic nitrogens is 3. The minimum absolute atomic E-state index is 0.0539. The number of rotatable bonds is 1. The molecule has 0 spiro atoms. The van der Waals surface area contributed by atoms with Crippen LogP contribution in [0.25, 0.3) is 5.65 Å². The van der Waals surface area contributed by atoms with Gasteiger partial charge in [0.05, 0.1) is 18.5 Å². The van der Waals surface area contributed by atoms with E-state index in [-0.39, 0.29) is 17.8 Å². The SMILES string of the molecule is O=C1COCCN1c1ccc2nc(Cl)nn2c1. The maximum Gasteiger partial charge on any atom is 0.253 e. The summed E-state index contributed by atoms with van der Waals surface area (Å²) in [6, 6.07) is 3.60. The molecule has 0 N–H and O–H groups in total. The van der Waals surface area contributed by atoms with Crippen LogP contribution in [0.3, 0.4) is 0 Å². The number of fused-ring (bicyclic) bond motifs is 1. The molecule has 1 saturated heterocycles. The molecule has 0 radical (unpaired) electrons. The van der Waals surface area contributed by atoms with Crippen molar-refractivity contribution in [2.75, 3.05) is 24.7 Å². The average molecular weight is 253 g/mol. The summed E-state index contributed by atoms with van der Waals surface area (Å²) in [6.07, 6.45) is 1.73. The first-order chi connectivity index (χ1) is 8.24. The average Bonchev–Trinajstić information content (AvgIpc) is 2.68. The zero-order valence-corrected chi connectivity index (χ0v) is 9.59. The van der Waals surface area contributed by atoms with Gasteiger partial charge in [0.15, 0.2) is 5.65 Å². The van der Waals surface area contributed by atoms with E-state index in [0.717, 1.165) is 5.69 Å². The van der Waals surface area contributed by atoms with Crippen molar-refractivity contribution in [3.8, 4) is 0 Å². The van der Waals surface area contributed by atoms with E-state index in [4.69, 9.17) is 16.3 Å². The van der Waals surface area contributed by atoms with E-state index < -0.39 is 0 Å². The lowest BCUT2D eigenvalue weighted by molar-refractivity contribution is -0.125. The molecule has 0 unspecified atom stereocenters. The molecule has 0 aromatic carbocycles. The summed E-state index contributed by atoms with van der Waals surface area (Å²) >= 11 is 5.71. The summed E-state index contributed by atoms with van der Waals surface area (Å²) < 4.78 is 6.63. The molecule has 17 heavy (non-hydrogen) atoms. The van der Waals surface area contributed by atoms with E-state index in [9.17, 15) is 4.79 Å². The summed E-state index contributed by atoms with van der Waals surface area (Å²) in [6.45, 7) is 1.21. The largest absolute Gasteiger partial charge is 0.370 e. The van der Waals surface area contributed by atoms with Crippen LogP contribution in [-0.4, -0.2) is 40.3 Å². The minimum atomic E-state index is -0.0539. The maximum atomic E-state index is 11.7. The quantitative estimate of drug-likeness (QED) is 0.751. The van der Waals surface area contributed by atoms with E-state index in [1.807, 2.05) is 6.07 Å². The third-order valence-corrected chi connectivity index (χ3v) is 2.75. The van der Waals surface area contributed by atoms with Crippen molar-refractivity contribution in [2.45, 2.75) is 0 Å². The number of carbonyl (C=O) groups excluding carboxylic acids is 1. The van der Waals surface area contributed by atoms with Crippen molar-refractivity contribution in [1.82, 2.24) is 14.6 Å². The minimum Gasteiger partial charge on any atom is -0.370 e. The van der Waals surface area contributed by atoms with Gasteiger partial charge < -0.3 is 9.64 Å². The monoisotopic (exact) mass is 252 g/mol. The highest BCUT2D eigenvalue weighted by molar-refractivity contribution is 6.28.